The van der Waals surface area contributed by atoms with Gasteiger partial charge in [0.25, 0.3) is 0 Å². The Kier molecular flexibility index (Phi) is 5.83. The van der Waals surface area contributed by atoms with E-state index in [1.807, 2.05) is 13.8 Å². The first-order chi connectivity index (χ1) is 11.0. The van der Waals surface area contributed by atoms with Crippen molar-refractivity contribution < 1.29 is 18.7 Å². The molecule has 1 saturated heterocycles. The lowest BCUT2D eigenvalue weighted by Crippen LogP contribution is -2.57. The van der Waals surface area contributed by atoms with E-state index in [1.165, 1.54) is 18.2 Å². The fraction of sp³-hybridized carbons (Fsp3) is 0.471. The molecule has 6 heteroatoms. The number of nitrogens with one attached hydrogen (secondary N) is 1. The summed E-state index contributed by atoms with van der Waals surface area (Å²) in [6, 6.07) is 4.30. The van der Waals surface area contributed by atoms with Crippen LogP contribution in [0.1, 0.15) is 19.4 Å². The molecule has 124 valence electrons. The molecule has 0 spiro atoms. The number of hydrogen-bond donors (Lipinski definition) is 1. The van der Waals surface area contributed by atoms with Crippen LogP contribution in [0.2, 0.25) is 0 Å². The Morgan fingerprint density at radius 3 is 2.78 bits per heavy atom. The molecule has 1 N–H and O–H groups in total. The monoisotopic (exact) mass is 320 g/mol. The molecular weight excluding hydrogens is 299 g/mol. The van der Waals surface area contributed by atoms with E-state index < -0.39 is 11.9 Å². The van der Waals surface area contributed by atoms with Crippen LogP contribution in [0.4, 0.5) is 9.18 Å². The molecule has 1 aromatic rings. The van der Waals surface area contributed by atoms with Crippen LogP contribution in [0.25, 0.3) is 0 Å². The van der Waals surface area contributed by atoms with Crippen molar-refractivity contribution in [2.75, 3.05) is 19.7 Å². The quantitative estimate of drug-likeness (QED) is 0.864. The Morgan fingerprint density at radius 2 is 2.13 bits per heavy atom. The average Bonchev–Trinajstić information content (AvgIpc) is 2.52. The highest BCUT2D eigenvalue weighted by atomic mass is 19.1. The fourth-order valence-electron chi connectivity index (χ4n) is 2.58. The summed E-state index contributed by atoms with van der Waals surface area (Å²) in [4.78, 5) is 13.9. The van der Waals surface area contributed by atoms with Crippen molar-refractivity contribution in [1.82, 2.24) is 10.2 Å². The summed E-state index contributed by atoms with van der Waals surface area (Å²) in [5, 5.41) is 3.24. The summed E-state index contributed by atoms with van der Waals surface area (Å²) < 4.78 is 24.3. The van der Waals surface area contributed by atoms with Crippen molar-refractivity contribution in [2.45, 2.75) is 32.5 Å². The third-order valence-corrected chi connectivity index (χ3v) is 3.73. The zero-order chi connectivity index (χ0) is 16.8. The fourth-order valence-corrected chi connectivity index (χ4v) is 2.58. The van der Waals surface area contributed by atoms with Gasteiger partial charge >= 0.3 is 6.09 Å². The van der Waals surface area contributed by atoms with E-state index in [2.05, 4.69) is 11.2 Å². The van der Waals surface area contributed by atoms with Gasteiger partial charge in [0, 0.05) is 30.7 Å². The van der Waals surface area contributed by atoms with Crippen LogP contribution in [0, 0.1) is 18.2 Å². The van der Waals surface area contributed by atoms with Gasteiger partial charge in [-0.15, -0.1) is 6.42 Å². The van der Waals surface area contributed by atoms with Gasteiger partial charge in [0.15, 0.2) is 0 Å². The minimum atomic E-state index is -0.452. The topological polar surface area (TPSA) is 50.8 Å². The van der Waals surface area contributed by atoms with Gasteiger partial charge in [-0.1, -0.05) is 5.92 Å². The highest BCUT2D eigenvalue weighted by Crippen LogP contribution is 2.19. The van der Waals surface area contributed by atoms with Crippen LogP contribution in [0.15, 0.2) is 18.2 Å². The molecule has 1 heterocycles. The van der Waals surface area contributed by atoms with Crippen molar-refractivity contribution in [1.29, 1.82) is 0 Å². The molecule has 0 aromatic heterocycles. The van der Waals surface area contributed by atoms with Crippen molar-refractivity contribution in [3.63, 3.8) is 0 Å². The second-order valence-corrected chi connectivity index (χ2v) is 5.56. The Labute approximate surface area is 135 Å². The lowest BCUT2D eigenvalue weighted by atomic mass is 10.1. The highest BCUT2D eigenvalue weighted by Gasteiger charge is 2.30. The lowest BCUT2D eigenvalue weighted by Gasteiger charge is -2.38. The van der Waals surface area contributed by atoms with Crippen LogP contribution in [0.3, 0.4) is 0 Å². The van der Waals surface area contributed by atoms with Gasteiger partial charge in [-0.05, 0) is 32.0 Å². The van der Waals surface area contributed by atoms with Gasteiger partial charge in [-0.25, -0.2) is 9.18 Å². The first-order valence-corrected chi connectivity index (χ1v) is 7.53. The van der Waals surface area contributed by atoms with Gasteiger partial charge in [0.1, 0.15) is 24.8 Å². The smallest absolute Gasteiger partial charge is 0.410 e. The van der Waals surface area contributed by atoms with Crippen LogP contribution in [0.5, 0.6) is 5.75 Å². The van der Waals surface area contributed by atoms with E-state index in [0.717, 1.165) is 0 Å². The van der Waals surface area contributed by atoms with E-state index in [0.29, 0.717) is 18.8 Å². The molecule has 1 aliphatic heterocycles. The summed E-state index contributed by atoms with van der Waals surface area (Å²) >= 11 is 0. The lowest BCUT2D eigenvalue weighted by molar-refractivity contribution is 0.0557. The van der Waals surface area contributed by atoms with E-state index >= 15 is 0 Å². The molecule has 2 unspecified atom stereocenters. The Bertz CT molecular complexity index is 590. The molecular formula is C17H21FN2O3. The summed E-state index contributed by atoms with van der Waals surface area (Å²) in [6.45, 7) is 5.26. The zero-order valence-corrected chi connectivity index (χ0v) is 13.3. The standard InChI is InChI=1S/C17H21FN2O3/c1-4-7-22-15-5-6-16(18)14(8-15)11-23-17(21)20-12(2)9-19-10-13(20)3/h1,5-6,8,12-13,19H,7,9-11H2,2-3H3. The average molecular weight is 320 g/mol. The van der Waals surface area contributed by atoms with Crippen molar-refractivity contribution in [2.24, 2.45) is 0 Å². The number of amides is 1. The molecule has 5 nitrogen and oxygen atoms in total. The maximum absolute atomic E-state index is 13.8. The minimum Gasteiger partial charge on any atom is -0.481 e. The predicted molar refractivity (Wildman–Crippen MR) is 84.5 cm³/mol. The molecule has 2 rings (SSSR count). The molecule has 0 bridgehead atoms. The number of halogens is 1. The van der Waals surface area contributed by atoms with Gasteiger partial charge < -0.3 is 19.7 Å². The molecule has 1 fully saturated rings. The highest BCUT2D eigenvalue weighted by molar-refractivity contribution is 5.68. The van der Waals surface area contributed by atoms with Crippen molar-refractivity contribution >= 4 is 6.09 Å². The Morgan fingerprint density at radius 1 is 1.43 bits per heavy atom. The largest absolute Gasteiger partial charge is 0.481 e. The number of nitrogens with zero attached hydrogens (tertiary/aromatic N) is 1. The summed E-state index contributed by atoms with van der Waals surface area (Å²) in [5.41, 5.74) is 0.253. The van der Waals surface area contributed by atoms with Crippen LogP contribution < -0.4 is 10.1 Å². The van der Waals surface area contributed by atoms with Crippen molar-refractivity contribution in [3.8, 4) is 18.1 Å². The number of ether oxygens (including phenoxy) is 2. The molecule has 1 aliphatic rings. The minimum absolute atomic E-state index is 0.0291. The number of hydrogen-bond acceptors (Lipinski definition) is 4. The first-order valence-electron chi connectivity index (χ1n) is 7.53. The SMILES string of the molecule is C#CCOc1ccc(F)c(COC(=O)N2C(C)CNCC2C)c1. The van der Waals surface area contributed by atoms with Crippen LogP contribution >= 0.6 is 0 Å². The number of terminal acetylenes is 1. The summed E-state index contributed by atoms with van der Waals surface area (Å²) in [7, 11) is 0. The van der Waals surface area contributed by atoms with Gasteiger partial charge in [0.05, 0.1) is 0 Å². The first kappa shape index (κ1) is 17.1. The number of rotatable bonds is 4. The summed E-state index contributed by atoms with van der Waals surface area (Å²) in [6.07, 6.45) is 4.68. The maximum atomic E-state index is 13.8. The number of piperazine rings is 1. The van der Waals surface area contributed by atoms with Crippen LogP contribution in [-0.2, 0) is 11.3 Å². The second kappa shape index (κ2) is 7.84. The third kappa shape index (κ3) is 4.36. The van der Waals surface area contributed by atoms with E-state index in [9.17, 15) is 9.18 Å². The number of benzene rings is 1. The molecule has 1 aromatic carbocycles. The van der Waals surface area contributed by atoms with E-state index in [4.69, 9.17) is 15.9 Å². The predicted octanol–water partition coefficient (Wildman–Crippen LogP) is 2.16. The normalized spacial score (nSPS) is 20.7. The van der Waals surface area contributed by atoms with Crippen molar-refractivity contribution in [3.05, 3.63) is 29.6 Å². The third-order valence-electron chi connectivity index (χ3n) is 3.73. The molecule has 23 heavy (non-hydrogen) atoms. The van der Waals surface area contributed by atoms with Gasteiger partial charge in [-0.2, -0.15) is 0 Å². The summed E-state index contributed by atoms with van der Waals surface area (Å²) in [5.74, 6) is 2.33. The Hall–Kier alpha value is -2.26. The molecule has 0 radical (unpaired) electrons. The van der Waals surface area contributed by atoms with E-state index in [1.54, 1.807) is 4.90 Å². The molecule has 0 saturated carbocycles. The van der Waals surface area contributed by atoms with Gasteiger partial charge in [0.2, 0.25) is 0 Å². The number of carbonyl (C=O) groups is 1. The van der Waals surface area contributed by atoms with Gasteiger partial charge in [-0.3, -0.25) is 0 Å². The maximum Gasteiger partial charge on any atom is 0.410 e. The van der Waals surface area contributed by atoms with E-state index in [-0.39, 0.29) is 30.9 Å². The second-order valence-electron chi connectivity index (χ2n) is 5.56. The molecule has 1 amide bonds. The number of carbonyl (C=O) groups excluding carboxylic acids is 1. The zero-order valence-electron chi connectivity index (χ0n) is 13.3. The molecule has 2 atom stereocenters. The van der Waals surface area contributed by atoms with Crippen LogP contribution in [-0.4, -0.2) is 42.8 Å². The Balaban J connectivity index is 1.99. The molecule has 0 aliphatic carbocycles.